The molecule has 0 spiro atoms. The predicted molar refractivity (Wildman–Crippen MR) is 71.3 cm³/mol. The monoisotopic (exact) mass is 278 g/mol. The van der Waals surface area contributed by atoms with Gasteiger partial charge in [0.1, 0.15) is 11.5 Å². The van der Waals surface area contributed by atoms with Gasteiger partial charge in [0.15, 0.2) is 5.82 Å². The van der Waals surface area contributed by atoms with Crippen LogP contribution in [-0.2, 0) is 4.79 Å². The quantitative estimate of drug-likeness (QED) is 0.901. The van der Waals surface area contributed by atoms with Crippen LogP contribution < -0.4 is 0 Å². The van der Waals surface area contributed by atoms with Crippen molar-refractivity contribution < 1.29 is 14.3 Å². The van der Waals surface area contributed by atoms with Crippen LogP contribution in [0.25, 0.3) is 11.4 Å². The van der Waals surface area contributed by atoms with Gasteiger partial charge in [-0.3, -0.25) is 4.79 Å². The summed E-state index contributed by atoms with van der Waals surface area (Å²) in [6, 6.07) is -0.272. The van der Waals surface area contributed by atoms with Crippen LogP contribution in [0.2, 0.25) is 0 Å². The van der Waals surface area contributed by atoms with Crippen molar-refractivity contribution in [1.29, 1.82) is 0 Å². The zero-order valence-corrected chi connectivity index (χ0v) is 12.0. The molecule has 2 heterocycles. The minimum atomic E-state index is -0.866. The van der Waals surface area contributed by atoms with Crippen LogP contribution in [0.5, 0.6) is 0 Å². The van der Waals surface area contributed by atoms with E-state index >= 15 is 0 Å². The van der Waals surface area contributed by atoms with Gasteiger partial charge in [-0.05, 0) is 37.6 Å². The second-order valence-corrected chi connectivity index (χ2v) is 4.82. The Labute approximate surface area is 116 Å². The standard InChI is InChI=1S/C13H18N4O3/c1-5-10(6-11(18)19)17-13(14-15-16-17)12-7(2)8(3)20-9(12)4/h10H,5-6H2,1-4H3,(H,18,19). The molecule has 2 rings (SSSR count). The van der Waals surface area contributed by atoms with Crippen molar-refractivity contribution in [3.63, 3.8) is 0 Å². The summed E-state index contributed by atoms with van der Waals surface area (Å²) in [5, 5.41) is 20.7. The number of carbonyl (C=O) groups is 1. The van der Waals surface area contributed by atoms with Crippen LogP contribution in [0.15, 0.2) is 4.42 Å². The molecule has 0 aliphatic carbocycles. The van der Waals surface area contributed by atoms with Gasteiger partial charge in [0.2, 0.25) is 0 Å². The van der Waals surface area contributed by atoms with Gasteiger partial charge in [-0.15, -0.1) is 5.10 Å². The molecule has 7 heteroatoms. The van der Waals surface area contributed by atoms with Gasteiger partial charge in [0.05, 0.1) is 18.0 Å². The Morgan fingerprint density at radius 3 is 2.55 bits per heavy atom. The fourth-order valence-corrected chi connectivity index (χ4v) is 2.33. The Kier molecular flexibility index (Phi) is 3.87. The van der Waals surface area contributed by atoms with Crippen molar-refractivity contribution in [1.82, 2.24) is 20.2 Å². The van der Waals surface area contributed by atoms with Crippen molar-refractivity contribution in [2.24, 2.45) is 0 Å². The van der Waals surface area contributed by atoms with Crippen molar-refractivity contribution in [3.05, 3.63) is 17.1 Å². The van der Waals surface area contributed by atoms with Crippen molar-refractivity contribution in [2.45, 2.75) is 46.6 Å². The number of aromatic nitrogens is 4. The van der Waals surface area contributed by atoms with Crippen molar-refractivity contribution in [2.75, 3.05) is 0 Å². The lowest BCUT2D eigenvalue weighted by Crippen LogP contribution is -2.16. The minimum absolute atomic E-state index is 0.0104. The molecule has 0 bridgehead atoms. The number of aryl methyl sites for hydroxylation is 2. The average molecular weight is 278 g/mol. The first kappa shape index (κ1) is 14.2. The third kappa shape index (κ3) is 2.43. The van der Waals surface area contributed by atoms with Crippen LogP contribution in [0.3, 0.4) is 0 Å². The Bertz CT molecular complexity index is 630. The van der Waals surface area contributed by atoms with Gasteiger partial charge in [-0.25, -0.2) is 4.68 Å². The highest BCUT2D eigenvalue weighted by molar-refractivity contribution is 5.68. The third-order valence-electron chi connectivity index (χ3n) is 3.51. The Morgan fingerprint density at radius 2 is 2.05 bits per heavy atom. The Balaban J connectivity index is 2.49. The molecule has 108 valence electrons. The van der Waals surface area contributed by atoms with Crippen LogP contribution in [0, 0.1) is 20.8 Å². The molecule has 0 saturated carbocycles. The molecule has 20 heavy (non-hydrogen) atoms. The molecule has 1 unspecified atom stereocenters. The highest BCUT2D eigenvalue weighted by atomic mass is 16.4. The van der Waals surface area contributed by atoms with Crippen molar-refractivity contribution in [3.8, 4) is 11.4 Å². The molecule has 7 nitrogen and oxygen atoms in total. The molecule has 2 aromatic rings. The molecule has 0 aromatic carbocycles. The molecule has 0 aliphatic heterocycles. The largest absolute Gasteiger partial charge is 0.481 e. The maximum Gasteiger partial charge on any atom is 0.305 e. The molecular weight excluding hydrogens is 260 g/mol. The number of hydrogen-bond donors (Lipinski definition) is 1. The Morgan fingerprint density at radius 1 is 1.35 bits per heavy atom. The van der Waals surface area contributed by atoms with E-state index in [1.165, 1.54) is 0 Å². The van der Waals surface area contributed by atoms with Crippen LogP contribution in [-0.4, -0.2) is 31.3 Å². The smallest absolute Gasteiger partial charge is 0.305 e. The number of aliphatic carboxylic acids is 1. The van der Waals surface area contributed by atoms with E-state index in [2.05, 4.69) is 15.5 Å². The summed E-state index contributed by atoms with van der Waals surface area (Å²) in [6.45, 7) is 7.60. The lowest BCUT2D eigenvalue weighted by Gasteiger charge is -2.14. The molecule has 0 aliphatic rings. The molecule has 0 saturated heterocycles. The molecule has 0 fully saturated rings. The van der Waals surface area contributed by atoms with Crippen LogP contribution in [0.4, 0.5) is 0 Å². The summed E-state index contributed by atoms with van der Waals surface area (Å²) in [4.78, 5) is 10.9. The molecular formula is C13H18N4O3. The fraction of sp³-hybridized carbons (Fsp3) is 0.538. The topological polar surface area (TPSA) is 94.0 Å². The van der Waals surface area contributed by atoms with Crippen molar-refractivity contribution >= 4 is 5.97 Å². The second kappa shape index (κ2) is 5.44. The number of carboxylic acid groups (broad SMARTS) is 1. The first-order chi connectivity index (χ1) is 9.45. The van der Waals surface area contributed by atoms with E-state index in [1.54, 1.807) is 4.68 Å². The molecule has 2 aromatic heterocycles. The number of carboxylic acids is 1. The SMILES string of the molecule is CCC(CC(=O)O)n1nnnc1-c1c(C)oc(C)c1C. The van der Waals surface area contributed by atoms with Gasteiger partial charge in [0, 0.05) is 5.56 Å². The molecule has 1 atom stereocenters. The van der Waals surface area contributed by atoms with E-state index in [-0.39, 0.29) is 12.5 Å². The van der Waals surface area contributed by atoms with E-state index in [1.807, 2.05) is 27.7 Å². The highest BCUT2D eigenvalue weighted by Gasteiger charge is 2.24. The molecule has 1 N–H and O–H groups in total. The summed E-state index contributed by atoms with van der Waals surface area (Å²) >= 11 is 0. The minimum Gasteiger partial charge on any atom is -0.481 e. The van der Waals surface area contributed by atoms with Gasteiger partial charge >= 0.3 is 5.97 Å². The number of furan rings is 1. The lowest BCUT2D eigenvalue weighted by molar-refractivity contribution is -0.138. The van der Waals surface area contributed by atoms with E-state index < -0.39 is 5.97 Å². The summed E-state index contributed by atoms with van der Waals surface area (Å²) in [6.07, 6.45) is 0.628. The van der Waals surface area contributed by atoms with Gasteiger partial charge in [-0.1, -0.05) is 6.92 Å². The summed E-state index contributed by atoms with van der Waals surface area (Å²) in [7, 11) is 0. The van der Waals surface area contributed by atoms with E-state index in [0.717, 1.165) is 22.6 Å². The first-order valence-corrected chi connectivity index (χ1v) is 6.52. The third-order valence-corrected chi connectivity index (χ3v) is 3.51. The lowest BCUT2D eigenvalue weighted by atomic mass is 10.1. The maximum absolute atomic E-state index is 10.9. The number of rotatable bonds is 5. The second-order valence-electron chi connectivity index (χ2n) is 4.82. The van der Waals surface area contributed by atoms with Gasteiger partial charge in [0.25, 0.3) is 0 Å². The van der Waals surface area contributed by atoms with E-state index in [9.17, 15) is 4.79 Å². The zero-order chi connectivity index (χ0) is 14.9. The molecule has 0 amide bonds. The van der Waals surface area contributed by atoms with Crippen LogP contribution in [0.1, 0.15) is 42.9 Å². The fourth-order valence-electron chi connectivity index (χ4n) is 2.33. The zero-order valence-electron chi connectivity index (χ0n) is 12.0. The van der Waals surface area contributed by atoms with Gasteiger partial charge in [-0.2, -0.15) is 0 Å². The average Bonchev–Trinajstić information content (AvgIpc) is 2.92. The Hall–Kier alpha value is -2.18. The van der Waals surface area contributed by atoms with E-state index in [4.69, 9.17) is 9.52 Å². The summed E-state index contributed by atoms with van der Waals surface area (Å²) in [5.41, 5.74) is 1.82. The predicted octanol–water partition coefficient (Wildman–Crippen LogP) is 2.28. The van der Waals surface area contributed by atoms with E-state index in [0.29, 0.717) is 12.2 Å². The molecule has 0 radical (unpaired) electrons. The first-order valence-electron chi connectivity index (χ1n) is 6.52. The number of nitrogens with zero attached hydrogens (tertiary/aromatic N) is 4. The maximum atomic E-state index is 10.9. The van der Waals surface area contributed by atoms with Crippen LogP contribution >= 0.6 is 0 Å². The van der Waals surface area contributed by atoms with Gasteiger partial charge < -0.3 is 9.52 Å². The number of tetrazole rings is 1. The normalized spacial score (nSPS) is 12.6. The summed E-state index contributed by atoms with van der Waals surface area (Å²) < 4.78 is 7.18. The summed E-state index contributed by atoms with van der Waals surface area (Å²) in [5.74, 6) is 1.25. The highest BCUT2D eigenvalue weighted by Crippen LogP contribution is 2.31. The number of hydrogen-bond acceptors (Lipinski definition) is 5.